The Morgan fingerprint density at radius 3 is 2.19 bits per heavy atom. The van der Waals surface area contributed by atoms with Gasteiger partial charge in [0.15, 0.2) is 5.25 Å². The molecule has 0 heterocycles. The van der Waals surface area contributed by atoms with E-state index in [0.29, 0.717) is 0 Å². The summed E-state index contributed by atoms with van der Waals surface area (Å²) in [5.41, 5.74) is -0.633. The molecule has 2 N–H and O–H groups in total. The molecule has 0 bridgehead atoms. The summed E-state index contributed by atoms with van der Waals surface area (Å²) >= 11 is 0. The first-order valence-electron chi connectivity index (χ1n) is 5.35. The summed E-state index contributed by atoms with van der Waals surface area (Å²) in [4.78, 5) is 9.74. The number of hydrogen-bond donors (Lipinski definition) is 2. The van der Waals surface area contributed by atoms with Gasteiger partial charge in [-0.15, -0.1) is 0 Å². The largest absolute Gasteiger partial charge is 0.480 e. The number of anilines is 1. The van der Waals surface area contributed by atoms with Gasteiger partial charge in [0.05, 0.1) is 10.6 Å². The van der Waals surface area contributed by atoms with Crippen LogP contribution >= 0.6 is 0 Å². The van der Waals surface area contributed by atoms with E-state index in [9.17, 15) is 30.4 Å². The molecule has 0 fully saturated rings. The lowest BCUT2D eigenvalue weighted by Gasteiger charge is -2.14. The predicted octanol–water partition coefficient (Wildman–Crippen LogP) is 0.898. The number of halogens is 2. The molecule has 0 spiro atoms. The van der Waals surface area contributed by atoms with Gasteiger partial charge in [0.25, 0.3) is 0 Å². The van der Waals surface area contributed by atoms with E-state index in [4.69, 9.17) is 5.11 Å². The molecule has 21 heavy (non-hydrogen) atoms. The van der Waals surface area contributed by atoms with Gasteiger partial charge in [0, 0.05) is 0 Å². The first kappa shape index (κ1) is 17.3. The van der Waals surface area contributed by atoms with Crippen molar-refractivity contribution >= 4 is 31.5 Å². The number of aliphatic carboxylic acids is 1. The van der Waals surface area contributed by atoms with E-state index in [0.717, 1.165) is 25.1 Å². The molecule has 0 aliphatic heterocycles. The van der Waals surface area contributed by atoms with Crippen LogP contribution in [0.15, 0.2) is 29.2 Å². The summed E-state index contributed by atoms with van der Waals surface area (Å²) in [5.74, 6) is -5.41. The lowest BCUT2D eigenvalue weighted by atomic mass is 10.3. The number of carbonyl (C=O) groups is 1. The average Bonchev–Trinajstić information content (AvgIpc) is 2.37. The van der Waals surface area contributed by atoms with Gasteiger partial charge in [-0.05, 0) is 19.1 Å². The Bertz CT molecular complexity index is 745. The standard InChI is InChI=1S/C10H11F2NO6S2/c1-6(9(14)15)21(18,19)13-7-4-2-3-5-8(7)20(16,17)10(11)12/h2-6,10,13H,1H3,(H,14,15). The highest BCUT2D eigenvalue weighted by molar-refractivity contribution is 7.94. The van der Waals surface area contributed by atoms with Crippen LogP contribution in [-0.4, -0.2) is 38.9 Å². The lowest BCUT2D eigenvalue weighted by Crippen LogP contribution is -2.32. The van der Waals surface area contributed by atoms with Gasteiger partial charge in [-0.2, -0.15) is 8.78 Å². The number of benzene rings is 1. The van der Waals surface area contributed by atoms with Crippen molar-refractivity contribution in [2.45, 2.75) is 22.8 Å². The molecule has 7 nitrogen and oxygen atoms in total. The summed E-state index contributed by atoms with van der Waals surface area (Å²) in [6.07, 6.45) is 0. The molecule has 1 rings (SSSR count). The van der Waals surface area contributed by atoms with E-state index in [2.05, 4.69) is 0 Å². The Kier molecular flexibility index (Phi) is 4.89. The maximum Gasteiger partial charge on any atom is 0.341 e. The number of nitrogens with one attached hydrogen (secondary N) is 1. The fraction of sp³-hybridized carbons (Fsp3) is 0.300. The molecule has 1 aromatic carbocycles. The van der Waals surface area contributed by atoms with Crippen LogP contribution in [-0.2, 0) is 24.7 Å². The lowest BCUT2D eigenvalue weighted by molar-refractivity contribution is -0.136. The quantitative estimate of drug-likeness (QED) is 0.792. The summed E-state index contributed by atoms with van der Waals surface area (Å²) < 4.78 is 73.1. The third-order valence-electron chi connectivity index (χ3n) is 2.49. The topological polar surface area (TPSA) is 118 Å². The Labute approximate surface area is 119 Å². The van der Waals surface area contributed by atoms with Crippen molar-refractivity contribution in [1.82, 2.24) is 0 Å². The highest BCUT2D eigenvalue weighted by atomic mass is 32.2. The summed E-state index contributed by atoms with van der Waals surface area (Å²) in [6.45, 7) is 0.856. The first-order chi connectivity index (χ1) is 9.50. The van der Waals surface area contributed by atoms with E-state index in [1.807, 2.05) is 0 Å². The normalized spacial score (nSPS) is 13.9. The van der Waals surface area contributed by atoms with E-state index in [1.54, 1.807) is 4.72 Å². The summed E-state index contributed by atoms with van der Waals surface area (Å²) in [7, 11) is -9.51. The number of sulfonamides is 1. The summed E-state index contributed by atoms with van der Waals surface area (Å²) in [6, 6.07) is 4.09. The number of carboxylic acids is 1. The van der Waals surface area contributed by atoms with Crippen molar-refractivity contribution in [3.63, 3.8) is 0 Å². The number of sulfone groups is 1. The van der Waals surface area contributed by atoms with Gasteiger partial charge in [-0.3, -0.25) is 9.52 Å². The predicted molar refractivity (Wildman–Crippen MR) is 69.3 cm³/mol. The minimum atomic E-state index is -5.03. The first-order valence-corrected chi connectivity index (χ1v) is 8.45. The van der Waals surface area contributed by atoms with Crippen LogP contribution in [0.2, 0.25) is 0 Å². The minimum absolute atomic E-state index is 0.633. The average molecular weight is 343 g/mol. The summed E-state index contributed by atoms with van der Waals surface area (Å²) in [5, 5.41) is 6.77. The van der Waals surface area contributed by atoms with E-state index in [1.165, 1.54) is 6.07 Å². The second-order valence-corrected chi connectivity index (χ2v) is 7.82. The fourth-order valence-electron chi connectivity index (χ4n) is 1.27. The van der Waals surface area contributed by atoms with Crippen LogP contribution in [0.4, 0.5) is 14.5 Å². The molecule has 11 heteroatoms. The minimum Gasteiger partial charge on any atom is -0.480 e. The van der Waals surface area contributed by atoms with Crippen molar-refractivity contribution in [3.8, 4) is 0 Å². The number of alkyl halides is 2. The number of para-hydroxylation sites is 1. The highest BCUT2D eigenvalue weighted by Crippen LogP contribution is 2.27. The van der Waals surface area contributed by atoms with Crippen LogP contribution in [0.5, 0.6) is 0 Å². The molecule has 0 aliphatic carbocycles. The number of rotatable bonds is 6. The van der Waals surface area contributed by atoms with Crippen LogP contribution in [0, 0.1) is 0 Å². The van der Waals surface area contributed by atoms with Gasteiger partial charge in [-0.25, -0.2) is 16.8 Å². The zero-order chi connectivity index (χ0) is 16.4. The monoisotopic (exact) mass is 343 g/mol. The van der Waals surface area contributed by atoms with Gasteiger partial charge >= 0.3 is 11.7 Å². The molecule has 118 valence electrons. The molecular weight excluding hydrogens is 332 g/mol. The third-order valence-corrected chi connectivity index (χ3v) is 5.57. The van der Waals surface area contributed by atoms with E-state index in [-0.39, 0.29) is 0 Å². The van der Waals surface area contributed by atoms with Crippen molar-refractivity contribution in [1.29, 1.82) is 0 Å². The number of carboxylic acid groups (broad SMARTS) is 1. The highest BCUT2D eigenvalue weighted by Gasteiger charge is 2.32. The Morgan fingerprint density at radius 2 is 1.71 bits per heavy atom. The van der Waals surface area contributed by atoms with E-state index >= 15 is 0 Å². The SMILES string of the molecule is CC(C(=O)O)S(=O)(=O)Nc1ccccc1S(=O)(=O)C(F)F. The fourth-order valence-corrected chi connectivity index (χ4v) is 3.15. The van der Waals surface area contributed by atoms with Crippen LogP contribution < -0.4 is 4.72 Å². The zero-order valence-corrected chi connectivity index (χ0v) is 12.2. The van der Waals surface area contributed by atoms with Gasteiger partial charge < -0.3 is 5.11 Å². The maximum atomic E-state index is 12.5. The maximum absolute atomic E-state index is 12.5. The Morgan fingerprint density at radius 1 is 1.19 bits per heavy atom. The van der Waals surface area contributed by atoms with Crippen molar-refractivity contribution in [2.75, 3.05) is 4.72 Å². The molecule has 0 saturated carbocycles. The number of hydrogen-bond acceptors (Lipinski definition) is 5. The van der Waals surface area contributed by atoms with Gasteiger partial charge in [0.2, 0.25) is 19.9 Å². The zero-order valence-electron chi connectivity index (χ0n) is 10.5. The van der Waals surface area contributed by atoms with Gasteiger partial charge in [-0.1, -0.05) is 12.1 Å². The molecule has 0 amide bonds. The smallest absolute Gasteiger partial charge is 0.341 e. The molecule has 0 aromatic heterocycles. The van der Waals surface area contributed by atoms with Crippen molar-refractivity contribution in [2.24, 2.45) is 0 Å². The Balaban J connectivity index is 3.33. The van der Waals surface area contributed by atoms with E-state index < -0.39 is 47.4 Å². The molecule has 0 saturated heterocycles. The molecule has 1 aromatic rings. The third kappa shape index (κ3) is 3.67. The van der Waals surface area contributed by atoms with Crippen LogP contribution in [0.25, 0.3) is 0 Å². The second kappa shape index (κ2) is 5.93. The molecule has 0 aliphatic rings. The van der Waals surface area contributed by atoms with Crippen LogP contribution in [0.3, 0.4) is 0 Å². The molecule has 1 atom stereocenters. The second-order valence-electron chi connectivity index (χ2n) is 3.93. The van der Waals surface area contributed by atoms with Crippen molar-refractivity contribution in [3.05, 3.63) is 24.3 Å². The van der Waals surface area contributed by atoms with Crippen LogP contribution in [0.1, 0.15) is 6.92 Å². The van der Waals surface area contributed by atoms with Gasteiger partial charge in [0.1, 0.15) is 0 Å². The molecule has 1 unspecified atom stereocenters. The Hall–Kier alpha value is -1.75. The molecule has 0 radical (unpaired) electrons. The molecular formula is C10H11F2NO6S2. The van der Waals surface area contributed by atoms with Crippen molar-refractivity contribution < 1.29 is 35.5 Å².